The van der Waals surface area contributed by atoms with Crippen molar-refractivity contribution >= 4 is 17.3 Å². The highest BCUT2D eigenvalue weighted by atomic mass is 32.1. The molecule has 1 aliphatic rings. The van der Waals surface area contributed by atoms with Crippen molar-refractivity contribution in [2.75, 3.05) is 26.2 Å². The van der Waals surface area contributed by atoms with Crippen LogP contribution in [0, 0.1) is 5.92 Å². The van der Waals surface area contributed by atoms with Crippen LogP contribution in [0.4, 0.5) is 0 Å². The Balaban J connectivity index is 1.86. The maximum Gasteiger partial charge on any atom is 0.191 e. The van der Waals surface area contributed by atoms with Crippen LogP contribution in [0.15, 0.2) is 22.5 Å². The minimum Gasteiger partial charge on any atom is -0.357 e. The lowest BCUT2D eigenvalue weighted by atomic mass is 9.98. The van der Waals surface area contributed by atoms with Crippen molar-refractivity contribution in [3.8, 4) is 0 Å². The Morgan fingerprint density at radius 3 is 2.91 bits per heavy atom. The third kappa shape index (κ3) is 6.92. The molecule has 2 heterocycles. The third-order valence-corrected chi connectivity index (χ3v) is 4.77. The molecule has 1 aromatic heterocycles. The molecule has 1 unspecified atom stereocenters. The fourth-order valence-corrected chi connectivity index (χ4v) is 3.70. The average Bonchev–Trinajstić information content (AvgIpc) is 2.97. The number of likely N-dealkylation sites (tertiary alicyclic amines) is 1. The summed E-state index contributed by atoms with van der Waals surface area (Å²) >= 11 is 1.86. The maximum atomic E-state index is 4.82. The van der Waals surface area contributed by atoms with Gasteiger partial charge in [-0.05, 0) is 64.4 Å². The number of thiophene rings is 1. The predicted octanol–water partition coefficient (Wildman–Crippen LogP) is 3.31. The minimum absolute atomic E-state index is 0.0405. The summed E-state index contributed by atoms with van der Waals surface area (Å²) in [6, 6.07) is 4.38. The summed E-state index contributed by atoms with van der Waals surface area (Å²) in [5.41, 5.74) is 0.0405. The summed E-state index contributed by atoms with van der Waals surface area (Å²) in [6.45, 7) is 13.9. The van der Waals surface area contributed by atoms with E-state index in [1.54, 1.807) is 0 Å². The van der Waals surface area contributed by atoms with Gasteiger partial charge in [-0.2, -0.15) is 0 Å². The van der Waals surface area contributed by atoms with Crippen LogP contribution < -0.4 is 10.6 Å². The van der Waals surface area contributed by atoms with Crippen LogP contribution in [0.1, 0.15) is 45.4 Å². The second kappa shape index (κ2) is 8.69. The number of hydrogen-bond donors (Lipinski definition) is 2. The molecule has 1 aliphatic heterocycles. The van der Waals surface area contributed by atoms with Crippen molar-refractivity contribution in [1.82, 2.24) is 15.5 Å². The molecule has 0 saturated carbocycles. The lowest BCUT2D eigenvalue weighted by molar-refractivity contribution is 0.172. The Hall–Kier alpha value is -1.07. The smallest absolute Gasteiger partial charge is 0.191 e. The molecule has 0 aromatic carbocycles. The van der Waals surface area contributed by atoms with Crippen molar-refractivity contribution in [3.63, 3.8) is 0 Å². The third-order valence-electron chi connectivity index (χ3n) is 3.91. The van der Waals surface area contributed by atoms with E-state index in [9.17, 15) is 0 Å². The molecule has 0 bridgehead atoms. The number of nitrogens with one attached hydrogen (secondary N) is 2. The quantitative estimate of drug-likeness (QED) is 0.640. The van der Waals surface area contributed by atoms with Gasteiger partial charge in [0.2, 0.25) is 0 Å². The highest BCUT2D eigenvalue weighted by Crippen LogP contribution is 2.20. The fourth-order valence-electron chi connectivity index (χ4n) is 2.95. The summed E-state index contributed by atoms with van der Waals surface area (Å²) in [4.78, 5) is 8.88. The molecule has 23 heavy (non-hydrogen) atoms. The molecule has 0 spiro atoms. The van der Waals surface area contributed by atoms with Gasteiger partial charge in [-0.25, -0.2) is 0 Å². The fraction of sp³-hybridized carbons (Fsp3) is 0.722. The van der Waals surface area contributed by atoms with Gasteiger partial charge in [0.05, 0.1) is 0 Å². The number of piperidine rings is 1. The number of hydrogen-bond acceptors (Lipinski definition) is 3. The highest BCUT2D eigenvalue weighted by Gasteiger charge is 2.20. The zero-order valence-electron chi connectivity index (χ0n) is 15.1. The molecule has 1 aromatic rings. The summed E-state index contributed by atoms with van der Waals surface area (Å²) in [5.74, 6) is 1.61. The van der Waals surface area contributed by atoms with E-state index >= 15 is 0 Å². The first-order chi connectivity index (χ1) is 11.0. The Bertz CT molecular complexity index is 476. The normalized spacial score (nSPS) is 20.5. The topological polar surface area (TPSA) is 39.7 Å². The van der Waals surface area contributed by atoms with E-state index in [0.29, 0.717) is 5.92 Å². The molecular formula is C18H32N4S. The Morgan fingerprint density at radius 2 is 2.26 bits per heavy atom. The van der Waals surface area contributed by atoms with Crippen molar-refractivity contribution in [2.45, 2.75) is 52.6 Å². The number of aliphatic imine (C=N–C) groups is 1. The number of guanidine groups is 1. The van der Waals surface area contributed by atoms with Crippen LogP contribution in [0.3, 0.4) is 0 Å². The molecule has 0 radical (unpaired) electrons. The van der Waals surface area contributed by atoms with E-state index in [1.165, 1.54) is 24.3 Å². The van der Waals surface area contributed by atoms with E-state index in [2.05, 4.69) is 60.7 Å². The highest BCUT2D eigenvalue weighted by molar-refractivity contribution is 7.09. The molecule has 1 saturated heterocycles. The van der Waals surface area contributed by atoms with E-state index in [4.69, 9.17) is 4.99 Å². The predicted molar refractivity (Wildman–Crippen MR) is 101 cm³/mol. The zero-order valence-corrected chi connectivity index (χ0v) is 15.9. The number of rotatable bonds is 5. The van der Waals surface area contributed by atoms with E-state index < -0.39 is 0 Å². The van der Waals surface area contributed by atoms with Gasteiger partial charge in [0, 0.05) is 36.6 Å². The monoisotopic (exact) mass is 336 g/mol. The van der Waals surface area contributed by atoms with Gasteiger partial charge in [0.15, 0.2) is 5.96 Å². The molecule has 5 heteroatoms. The number of nitrogens with zero attached hydrogens (tertiary/aromatic N) is 2. The Kier molecular flexibility index (Phi) is 6.90. The standard InChI is InChI=1S/C18H32N4S/c1-5-19-17(21-18(2,3)4)20-12-15-8-6-10-22(13-15)14-16-9-7-11-23-16/h7,9,11,15H,5-6,8,10,12-14H2,1-4H3,(H2,19,20,21). The second-order valence-electron chi connectivity index (χ2n) is 7.42. The molecular weight excluding hydrogens is 304 g/mol. The molecule has 1 atom stereocenters. The van der Waals surface area contributed by atoms with Gasteiger partial charge >= 0.3 is 0 Å². The van der Waals surface area contributed by atoms with Crippen molar-refractivity contribution in [2.24, 2.45) is 10.9 Å². The van der Waals surface area contributed by atoms with Crippen LogP contribution in [0.25, 0.3) is 0 Å². The summed E-state index contributed by atoms with van der Waals surface area (Å²) in [5, 5.41) is 8.99. The van der Waals surface area contributed by atoms with Gasteiger partial charge in [0.25, 0.3) is 0 Å². The molecule has 0 amide bonds. The molecule has 4 nitrogen and oxygen atoms in total. The van der Waals surface area contributed by atoms with Crippen LogP contribution >= 0.6 is 11.3 Å². The minimum atomic E-state index is 0.0405. The molecule has 0 aliphatic carbocycles. The van der Waals surface area contributed by atoms with Gasteiger partial charge < -0.3 is 10.6 Å². The summed E-state index contributed by atoms with van der Waals surface area (Å²) < 4.78 is 0. The second-order valence-corrected chi connectivity index (χ2v) is 8.45. The molecule has 1 fully saturated rings. The Morgan fingerprint density at radius 1 is 1.43 bits per heavy atom. The summed E-state index contributed by atoms with van der Waals surface area (Å²) in [7, 11) is 0. The van der Waals surface area contributed by atoms with E-state index in [-0.39, 0.29) is 5.54 Å². The van der Waals surface area contributed by atoms with Gasteiger partial charge in [-0.1, -0.05) is 6.07 Å². The Labute approximate surface area is 145 Å². The van der Waals surface area contributed by atoms with E-state index in [1.807, 2.05) is 11.3 Å². The lowest BCUT2D eigenvalue weighted by Gasteiger charge is -2.32. The van der Waals surface area contributed by atoms with Crippen LogP contribution in [0.2, 0.25) is 0 Å². The van der Waals surface area contributed by atoms with Crippen molar-refractivity contribution in [1.29, 1.82) is 0 Å². The largest absolute Gasteiger partial charge is 0.357 e. The molecule has 2 N–H and O–H groups in total. The first-order valence-corrected chi connectivity index (χ1v) is 9.65. The van der Waals surface area contributed by atoms with Crippen LogP contribution in [0.5, 0.6) is 0 Å². The maximum absolute atomic E-state index is 4.82. The average molecular weight is 337 g/mol. The van der Waals surface area contributed by atoms with Gasteiger partial charge in [-0.3, -0.25) is 9.89 Å². The first kappa shape index (κ1) is 18.3. The summed E-state index contributed by atoms with van der Waals surface area (Å²) in [6.07, 6.45) is 2.58. The van der Waals surface area contributed by atoms with Gasteiger partial charge in [-0.15, -0.1) is 11.3 Å². The SMILES string of the molecule is CCNC(=NCC1CCCN(Cc2cccs2)C1)NC(C)(C)C. The van der Waals surface area contributed by atoms with Gasteiger partial charge in [0.1, 0.15) is 0 Å². The van der Waals surface area contributed by atoms with Crippen molar-refractivity contribution in [3.05, 3.63) is 22.4 Å². The van der Waals surface area contributed by atoms with Crippen molar-refractivity contribution < 1.29 is 0 Å². The zero-order chi connectivity index (χ0) is 16.7. The lowest BCUT2D eigenvalue weighted by Crippen LogP contribution is -2.48. The van der Waals surface area contributed by atoms with E-state index in [0.717, 1.165) is 32.1 Å². The molecule has 2 rings (SSSR count). The first-order valence-electron chi connectivity index (χ1n) is 8.77. The van der Waals surface area contributed by atoms with Crippen LogP contribution in [-0.2, 0) is 6.54 Å². The van der Waals surface area contributed by atoms with Crippen LogP contribution in [-0.4, -0.2) is 42.6 Å². The molecule has 130 valence electrons.